The predicted octanol–water partition coefficient (Wildman–Crippen LogP) is 2.25. The third-order valence-electron chi connectivity index (χ3n) is 3.96. The molecule has 0 aliphatic carbocycles. The van der Waals surface area contributed by atoms with E-state index in [1.807, 2.05) is 13.0 Å². The summed E-state index contributed by atoms with van der Waals surface area (Å²) < 4.78 is 0. The third-order valence-corrected chi connectivity index (χ3v) is 3.96. The third kappa shape index (κ3) is 2.42. The van der Waals surface area contributed by atoms with Crippen LogP contribution in [0, 0.1) is 17.0 Å². The molecule has 1 aliphatic rings. The molecule has 0 saturated carbocycles. The lowest BCUT2D eigenvalue weighted by Crippen LogP contribution is -2.57. The topological polar surface area (TPSA) is 71.3 Å². The fourth-order valence-electron chi connectivity index (χ4n) is 2.79. The van der Waals surface area contributed by atoms with Crippen LogP contribution in [0.2, 0.25) is 0 Å². The number of aryl methyl sites for hydroxylation is 1. The summed E-state index contributed by atoms with van der Waals surface area (Å²) in [4.78, 5) is 17.5. The zero-order valence-electron chi connectivity index (χ0n) is 12.2. The first-order valence-electron chi connectivity index (χ1n) is 7.13. The minimum atomic E-state index is -0.357. The fraction of sp³-hybridized carbons (Fsp3) is 0.400. The molecule has 0 spiro atoms. The van der Waals surface area contributed by atoms with Gasteiger partial charge < -0.3 is 10.2 Å². The first-order chi connectivity index (χ1) is 10.1. The molecule has 2 heterocycles. The van der Waals surface area contributed by atoms with Gasteiger partial charge in [0.25, 0.3) is 5.69 Å². The summed E-state index contributed by atoms with van der Waals surface area (Å²) in [7, 11) is 0. The maximum Gasteiger partial charge on any atom is 0.270 e. The van der Waals surface area contributed by atoms with E-state index >= 15 is 0 Å². The quantitative estimate of drug-likeness (QED) is 0.689. The molecule has 0 amide bonds. The van der Waals surface area contributed by atoms with Crippen molar-refractivity contribution in [2.75, 3.05) is 24.5 Å². The summed E-state index contributed by atoms with van der Waals surface area (Å²) in [6.45, 7) is 6.83. The number of nitro groups is 1. The number of pyridine rings is 1. The van der Waals surface area contributed by atoms with Crippen molar-refractivity contribution in [2.24, 2.45) is 0 Å². The molecule has 0 radical (unpaired) electrons. The van der Waals surface area contributed by atoms with Crippen molar-refractivity contribution in [1.29, 1.82) is 0 Å². The Morgan fingerprint density at radius 3 is 2.76 bits per heavy atom. The minimum absolute atomic E-state index is 0.109. The van der Waals surface area contributed by atoms with E-state index in [0.717, 1.165) is 41.9 Å². The molecule has 1 saturated heterocycles. The lowest BCUT2D eigenvalue weighted by Gasteiger charge is -2.39. The number of fused-ring (bicyclic) bond motifs is 1. The van der Waals surface area contributed by atoms with E-state index in [4.69, 9.17) is 0 Å². The number of benzene rings is 1. The Morgan fingerprint density at radius 1 is 1.43 bits per heavy atom. The Morgan fingerprint density at radius 2 is 2.19 bits per heavy atom. The van der Waals surface area contributed by atoms with E-state index in [0.29, 0.717) is 6.04 Å². The number of likely N-dealkylation sites (N-methyl/N-ethyl adjacent to an activating group) is 1. The van der Waals surface area contributed by atoms with Gasteiger partial charge in [-0.25, -0.2) is 0 Å². The van der Waals surface area contributed by atoms with E-state index in [1.165, 1.54) is 6.07 Å². The molecule has 6 heteroatoms. The minimum Gasteiger partial charge on any atom is -0.366 e. The maximum absolute atomic E-state index is 11.0. The molecule has 0 bridgehead atoms. The SMILES string of the molecule is CCN(c1cc(C)nc2ccc([N+](=O)[O-])cc12)C1CNC1. The second-order valence-corrected chi connectivity index (χ2v) is 5.34. The Hall–Kier alpha value is -2.21. The van der Waals surface area contributed by atoms with Crippen LogP contribution in [0.25, 0.3) is 10.9 Å². The van der Waals surface area contributed by atoms with Crippen LogP contribution in [0.15, 0.2) is 24.3 Å². The Bertz CT molecular complexity index is 697. The molecule has 6 nitrogen and oxygen atoms in total. The molecule has 1 aromatic carbocycles. The van der Waals surface area contributed by atoms with E-state index < -0.39 is 0 Å². The number of anilines is 1. The number of aromatic nitrogens is 1. The van der Waals surface area contributed by atoms with Gasteiger partial charge in [-0.15, -0.1) is 0 Å². The van der Waals surface area contributed by atoms with Crippen molar-refractivity contribution in [1.82, 2.24) is 10.3 Å². The zero-order valence-corrected chi connectivity index (χ0v) is 12.2. The molecule has 0 atom stereocenters. The standard InChI is InChI=1S/C15H18N4O2/c1-3-18(12-8-16-9-12)15-6-10(2)17-14-5-4-11(19(20)21)7-13(14)15/h4-7,12,16H,3,8-9H2,1-2H3. The fourth-order valence-corrected chi connectivity index (χ4v) is 2.79. The lowest BCUT2D eigenvalue weighted by molar-refractivity contribution is -0.384. The molecule has 110 valence electrons. The van der Waals surface area contributed by atoms with Gasteiger partial charge in [-0.1, -0.05) is 0 Å². The van der Waals surface area contributed by atoms with E-state index in [1.54, 1.807) is 12.1 Å². The van der Waals surface area contributed by atoms with Crippen LogP contribution in [0.1, 0.15) is 12.6 Å². The van der Waals surface area contributed by atoms with Gasteiger partial charge in [-0.3, -0.25) is 15.1 Å². The van der Waals surface area contributed by atoms with Crippen LogP contribution in [0.4, 0.5) is 11.4 Å². The summed E-state index contributed by atoms with van der Waals surface area (Å²) >= 11 is 0. The smallest absolute Gasteiger partial charge is 0.270 e. The van der Waals surface area contributed by atoms with E-state index in [9.17, 15) is 10.1 Å². The van der Waals surface area contributed by atoms with Gasteiger partial charge in [0.05, 0.1) is 16.5 Å². The van der Waals surface area contributed by atoms with Crippen LogP contribution in [-0.2, 0) is 0 Å². The molecular formula is C15H18N4O2. The van der Waals surface area contributed by atoms with Crippen molar-refractivity contribution in [2.45, 2.75) is 19.9 Å². The molecule has 1 fully saturated rings. The highest BCUT2D eigenvalue weighted by molar-refractivity contribution is 5.93. The zero-order chi connectivity index (χ0) is 15.0. The number of nitrogens with zero attached hydrogens (tertiary/aromatic N) is 3. The second-order valence-electron chi connectivity index (χ2n) is 5.34. The number of hydrogen-bond acceptors (Lipinski definition) is 5. The lowest BCUT2D eigenvalue weighted by atomic mass is 10.1. The molecule has 2 aromatic rings. The summed E-state index contributed by atoms with van der Waals surface area (Å²) in [6.07, 6.45) is 0. The first kappa shape index (κ1) is 13.8. The monoisotopic (exact) mass is 286 g/mol. The van der Waals surface area contributed by atoms with Gasteiger partial charge in [0, 0.05) is 48.5 Å². The molecule has 1 aliphatic heterocycles. The van der Waals surface area contributed by atoms with Gasteiger partial charge in [0.2, 0.25) is 0 Å². The van der Waals surface area contributed by atoms with E-state index in [-0.39, 0.29) is 10.6 Å². The molecule has 1 aromatic heterocycles. The average Bonchev–Trinajstić information content (AvgIpc) is 2.41. The summed E-state index contributed by atoms with van der Waals surface area (Å²) in [6, 6.07) is 7.34. The molecule has 3 rings (SSSR count). The van der Waals surface area contributed by atoms with Crippen LogP contribution in [0.3, 0.4) is 0 Å². The number of nitro benzene ring substituents is 1. The van der Waals surface area contributed by atoms with Crippen molar-refractivity contribution >= 4 is 22.3 Å². The molecule has 1 N–H and O–H groups in total. The van der Waals surface area contributed by atoms with Gasteiger partial charge in [-0.2, -0.15) is 0 Å². The Labute approximate surface area is 122 Å². The number of nitrogens with one attached hydrogen (secondary N) is 1. The Kier molecular flexibility index (Phi) is 3.47. The summed E-state index contributed by atoms with van der Waals surface area (Å²) in [5.41, 5.74) is 2.88. The predicted molar refractivity (Wildman–Crippen MR) is 82.8 cm³/mol. The van der Waals surface area contributed by atoms with Crippen molar-refractivity contribution in [3.05, 3.63) is 40.1 Å². The number of rotatable bonds is 4. The van der Waals surface area contributed by atoms with Crippen molar-refractivity contribution in [3.8, 4) is 0 Å². The number of non-ortho nitro benzene ring substituents is 1. The van der Waals surface area contributed by atoms with Crippen LogP contribution >= 0.6 is 0 Å². The van der Waals surface area contributed by atoms with Gasteiger partial charge >= 0.3 is 0 Å². The van der Waals surface area contributed by atoms with Crippen molar-refractivity contribution in [3.63, 3.8) is 0 Å². The van der Waals surface area contributed by atoms with Crippen LogP contribution < -0.4 is 10.2 Å². The molecular weight excluding hydrogens is 268 g/mol. The highest BCUT2D eigenvalue weighted by Crippen LogP contribution is 2.31. The summed E-state index contributed by atoms with van der Waals surface area (Å²) in [5, 5.41) is 15.1. The van der Waals surface area contributed by atoms with Crippen LogP contribution in [-0.4, -0.2) is 35.6 Å². The van der Waals surface area contributed by atoms with Gasteiger partial charge in [-0.05, 0) is 26.0 Å². The average molecular weight is 286 g/mol. The Balaban J connectivity index is 2.18. The van der Waals surface area contributed by atoms with Crippen LogP contribution in [0.5, 0.6) is 0 Å². The number of hydrogen-bond donors (Lipinski definition) is 1. The molecule has 0 unspecified atom stereocenters. The van der Waals surface area contributed by atoms with E-state index in [2.05, 4.69) is 22.1 Å². The van der Waals surface area contributed by atoms with Gasteiger partial charge in [0.1, 0.15) is 0 Å². The largest absolute Gasteiger partial charge is 0.366 e. The second kappa shape index (κ2) is 5.29. The highest BCUT2D eigenvalue weighted by atomic mass is 16.6. The van der Waals surface area contributed by atoms with Crippen molar-refractivity contribution < 1.29 is 4.92 Å². The first-order valence-corrected chi connectivity index (χ1v) is 7.13. The highest BCUT2D eigenvalue weighted by Gasteiger charge is 2.25. The maximum atomic E-state index is 11.0. The molecule has 21 heavy (non-hydrogen) atoms. The normalized spacial score (nSPS) is 15.0. The van der Waals surface area contributed by atoms with Gasteiger partial charge in [0.15, 0.2) is 0 Å². The summed E-state index contributed by atoms with van der Waals surface area (Å²) in [5.74, 6) is 0.